The molecule has 0 bridgehead atoms. The van der Waals surface area contributed by atoms with Crippen molar-refractivity contribution in [3.8, 4) is 5.75 Å². The van der Waals surface area contributed by atoms with E-state index in [1.165, 1.54) is 11.1 Å². The van der Waals surface area contributed by atoms with Crippen molar-refractivity contribution >= 4 is 11.0 Å². The van der Waals surface area contributed by atoms with E-state index in [4.69, 9.17) is 4.74 Å². The normalized spacial score (nSPS) is 11.2. The zero-order chi connectivity index (χ0) is 15.4. The van der Waals surface area contributed by atoms with E-state index < -0.39 is 0 Å². The summed E-state index contributed by atoms with van der Waals surface area (Å²) >= 11 is 0. The van der Waals surface area contributed by atoms with Crippen molar-refractivity contribution in [3.63, 3.8) is 0 Å². The molecule has 22 heavy (non-hydrogen) atoms. The Labute approximate surface area is 131 Å². The minimum Gasteiger partial charge on any atom is -0.493 e. The summed E-state index contributed by atoms with van der Waals surface area (Å²) in [6, 6.07) is 16.5. The highest BCUT2D eigenvalue weighted by molar-refractivity contribution is 5.74. The molecule has 0 unspecified atom stereocenters. The predicted molar refractivity (Wildman–Crippen MR) is 90.4 cm³/mol. The van der Waals surface area contributed by atoms with Gasteiger partial charge in [0.2, 0.25) is 0 Å². The molecule has 114 valence electrons. The lowest BCUT2D eigenvalue weighted by molar-refractivity contribution is 0.298. The van der Waals surface area contributed by atoms with Gasteiger partial charge in [0, 0.05) is 6.54 Å². The van der Waals surface area contributed by atoms with Gasteiger partial charge in [0.1, 0.15) is 5.75 Å². The molecule has 3 nitrogen and oxygen atoms in total. The number of hydrogen-bond acceptors (Lipinski definition) is 2. The molecule has 0 spiro atoms. The summed E-state index contributed by atoms with van der Waals surface area (Å²) in [7, 11) is 0. The Morgan fingerprint density at radius 3 is 2.68 bits per heavy atom. The Kier molecular flexibility index (Phi) is 4.42. The molecule has 1 aromatic heterocycles. The fourth-order valence-corrected chi connectivity index (χ4v) is 2.69. The van der Waals surface area contributed by atoms with Gasteiger partial charge in [-0.05, 0) is 36.1 Å². The molecule has 1 heterocycles. The lowest BCUT2D eigenvalue weighted by Gasteiger charge is -2.14. The Balaban J connectivity index is 1.58. The average Bonchev–Trinajstić information content (AvgIpc) is 2.95. The van der Waals surface area contributed by atoms with Gasteiger partial charge in [-0.1, -0.05) is 44.2 Å². The SMILES string of the molecule is CC(C)c1ccccc1OCCCn1cnc2ccccc21. The largest absolute Gasteiger partial charge is 0.493 e. The van der Waals surface area contributed by atoms with Crippen LogP contribution >= 0.6 is 0 Å². The lowest BCUT2D eigenvalue weighted by atomic mass is 10.0. The number of aromatic nitrogens is 2. The Bertz CT molecular complexity index is 746. The minimum atomic E-state index is 0.480. The number of aryl methyl sites for hydroxylation is 1. The number of rotatable bonds is 6. The van der Waals surface area contributed by atoms with Crippen LogP contribution in [0.25, 0.3) is 11.0 Å². The molecular weight excluding hydrogens is 272 g/mol. The van der Waals surface area contributed by atoms with Crippen LogP contribution in [0.1, 0.15) is 31.7 Å². The van der Waals surface area contributed by atoms with Crippen molar-refractivity contribution in [2.75, 3.05) is 6.61 Å². The summed E-state index contributed by atoms with van der Waals surface area (Å²) in [6.07, 6.45) is 2.87. The van der Waals surface area contributed by atoms with Gasteiger partial charge in [0.15, 0.2) is 0 Å². The third-order valence-electron chi connectivity index (χ3n) is 3.87. The first-order chi connectivity index (χ1) is 10.8. The molecule has 0 atom stereocenters. The zero-order valence-corrected chi connectivity index (χ0v) is 13.2. The molecule has 0 fully saturated rings. The highest BCUT2D eigenvalue weighted by atomic mass is 16.5. The number of nitrogens with zero attached hydrogens (tertiary/aromatic N) is 2. The molecule has 3 aromatic rings. The Morgan fingerprint density at radius 1 is 1.05 bits per heavy atom. The standard InChI is InChI=1S/C19H22N2O/c1-15(2)16-8-3-6-11-19(16)22-13-7-12-21-14-20-17-9-4-5-10-18(17)21/h3-6,8-11,14-15H,7,12-13H2,1-2H3. The van der Waals surface area contributed by atoms with Crippen LogP contribution in [0.2, 0.25) is 0 Å². The highest BCUT2D eigenvalue weighted by Gasteiger charge is 2.06. The molecule has 3 heteroatoms. The van der Waals surface area contributed by atoms with Gasteiger partial charge in [-0.3, -0.25) is 0 Å². The van der Waals surface area contributed by atoms with E-state index in [1.807, 2.05) is 24.5 Å². The number of para-hydroxylation sites is 3. The molecular formula is C19H22N2O. The van der Waals surface area contributed by atoms with Crippen LogP contribution in [0.3, 0.4) is 0 Å². The first kappa shape index (κ1) is 14.6. The fraction of sp³-hybridized carbons (Fsp3) is 0.316. The van der Waals surface area contributed by atoms with Crippen LogP contribution in [-0.4, -0.2) is 16.2 Å². The van der Waals surface area contributed by atoms with Crippen molar-refractivity contribution in [2.45, 2.75) is 32.7 Å². The van der Waals surface area contributed by atoms with E-state index in [0.29, 0.717) is 5.92 Å². The van der Waals surface area contributed by atoms with Crippen molar-refractivity contribution in [1.82, 2.24) is 9.55 Å². The molecule has 0 saturated carbocycles. The third kappa shape index (κ3) is 3.14. The highest BCUT2D eigenvalue weighted by Crippen LogP contribution is 2.25. The van der Waals surface area contributed by atoms with Gasteiger partial charge in [-0.2, -0.15) is 0 Å². The third-order valence-corrected chi connectivity index (χ3v) is 3.87. The first-order valence-corrected chi connectivity index (χ1v) is 7.87. The van der Waals surface area contributed by atoms with E-state index in [1.54, 1.807) is 0 Å². The summed E-state index contributed by atoms with van der Waals surface area (Å²) in [5, 5.41) is 0. The van der Waals surface area contributed by atoms with Crippen molar-refractivity contribution in [3.05, 3.63) is 60.4 Å². The first-order valence-electron chi connectivity index (χ1n) is 7.87. The second kappa shape index (κ2) is 6.65. The maximum absolute atomic E-state index is 5.98. The second-order valence-electron chi connectivity index (χ2n) is 5.82. The van der Waals surface area contributed by atoms with E-state index in [2.05, 4.69) is 53.7 Å². The molecule has 0 amide bonds. The van der Waals surface area contributed by atoms with Crippen LogP contribution in [0.5, 0.6) is 5.75 Å². The van der Waals surface area contributed by atoms with E-state index in [0.717, 1.165) is 30.8 Å². The molecule has 0 radical (unpaired) electrons. The van der Waals surface area contributed by atoms with Crippen LogP contribution in [-0.2, 0) is 6.54 Å². The summed E-state index contributed by atoms with van der Waals surface area (Å²) in [6.45, 7) is 6.03. The molecule has 0 aliphatic heterocycles. The molecule has 0 N–H and O–H groups in total. The van der Waals surface area contributed by atoms with Gasteiger partial charge >= 0.3 is 0 Å². The molecule has 0 aliphatic carbocycles. The Hall–Kier alpha value is -2.29. The van der Waals surface area contributed by atoms with Gasteiger partial charge < -0.3 is 9.30 Å². The summed E-state index contributed by atoms with van der Waals surface area (Å²) in [5.41, 5.74) is 3.51. The average molecular weight is 294 g/mol. The van der Waals surface area contributed by atoms with Crippen LogP contribution in [0.4, 0.5) is 0 Å². The lowest BCUT2D eigenvalue weighted by Crippen LogP contribution is -2.05. The smallest absolute Gasteiger partial charge is 0.122 e. The van der Waals surface area contributed by atoms with Crippen molar-refractivity contribution in [1.29, 1.82) is 0 Å². The summed E-state index contributed by atoms with van der Waals surface area (Å²) in [4.78, 5) is 4.42. The van der Waals surface area contributed by atoms with Crippen LogP contribution in [0, 0.1) is 0 Å². The zero-order valence-electron chi connectivity index (χ0n) is 13.2. The van der Waals surface area contributed by atoms with E-state index in [9.17, 15) is 0 Å². The van der Waals surface area contributed by atoms with Crippen molar-refractivity contribution < 1.29 is 4.74 Å². The molecule has 0 aliphatic rings. The van der Waals surface area contributed by atoms with Crippen LogP contribution in [0.15, 0.2) is 54.9 Å². The quantitative estimate of drug-likeness (QED) is 0.620. The predicted octanol–water partition coefficient (Wildman–Crippen LogP) is 4.63. The van der Waals surface area contributed by atoms with Gasteiger partial charge in [-0.15, -0.1) is 0 Å². The van der Waals surface area contributed by atoms with E-state index >= 15 is 0 Å². The number of fused-ring (bicyclic) bond motifs is 1. The Morgan fingerprint density at radius 2 is 1.82 bits per heavy atom. The fourth-order valence-electron chi connectivity index (χ4n) is 2.69. The monoisotopic (exact) mass is 294 g/mol. The topological polar surface area (TPSA) is 27.1 Å². The van der Waals surface area contributed by atoms with Crippen LogP contribution < -0.4 is 4.74 Å². The number of hydrogen-bond donors (Lipinski definition) is 0. The molecule has 0 saturated heterocycles. The number of ether oxygens (including phenoxy) is 1. The number of benzene rings is 2. The van der Waals surface area contributed by atoms with Gasteiger partial charge in [0.05, 0.1) is 24.0 Å². The summed E-state index contributed by atoms with van der Waals surface area (Å²) < 4.78 is 8.16. The molecule has 3 rings (SSSR count). The number of imidazole rings is 1. The minimum absolute atomic E-state index is 0.480. The molecule has 2 aromatic carbocycles. The summed E-state index contributed by atoms with van der Waals surface area (Å²) in [5.74, 6) is 1.49. The maximum Gasteiger partial charge on any atom is 0.122 e. The maximum atomic E-state index is 5.98. The second-order valence-corrected chi connectivity index (χ2v) is 5.82. The van der Waals surface area contributed by atoms with Gasteiger partial charge in [-0.25, -0.2) is 4.98 Å². The van der Waals surface area contributed by atoms with Gasteiger partial charge in [0.25, 0.3) is 0 Å². The van der Waals surface area contributed by atoms with E-state index in [-0.39, 0.29) is 0 Å². The van der Waals surface area contributed by atoms with Crippen molar-refractivity contribution in [2.24, 2.45) is 0 Å².